The number of nitrogens with zero attached hydrogens (tertiary/aromatic N) is 1. The van der Waals surface area contributed by atoms with E-state index in [-0.39, 0.29) is 28.5 Å². The lowest BCUT2D eigenvalue weighted by Crippen LogP contribution is -2.29. The van der Waals surface area contributed by atoms with Crippen LogP contribution in [0.15, 0.2) is 72.3 Å². The molecule has 4 rings (SSSR count). The summed E-state index contributed by atoms with van der Waals surface area (Å²) < 4.78 is 46.0. The van der Waals surface area contributed by atoms with Crippen molar-refractivity contribution in [3.8, 4) is 11.5 Å². The Labute approximate surface area is 217 Å². The van der Waals surface area contributed by atoms with Crippen molar-refractivity contribution >= 4 is 23.1 Å². The largest absolute Gasteiger partial charge is 0.508 e. The Morgan fingerprint density at radius 3 is 2.32 bits per heavy atom. The Hall–Kier alpha value is -4.27. The Bertz CT molecular complexity index is 1410. The van der Waals surface area contributed by atoms with Crippen molar-refractivity contribution < 1.29 is 37.7 Å². The highest BCUT2D eigenvalue weighted by Crippen LogP contribution is 2.44. The summed E-state index contributed by atoms with van der Waals surface area (Å²) >= 11 is 0. The van der Waals surface area contributed by atoms with Crippen LogP contribution in [-0.2, 0) is 15.8 Å². The third-order valence-corrected chi connectivity index (χ3v) is 6.31. The fourth-order valence-electron chi connectivity index (χ4n) is 4.49. The van der Waals surface area contributed by atoms with E-state index in [0.717, 1.165) is 28.7 Å². The lowest BCUT2D eigenvalue weighted by atomic mass is 9.93. The normalized spacial score (nSPS) is 17.3. The summed E-state index contributed by atoms with van der Waals surface area (Å²) in [7, 11) is 0. The van der Waals surface area contributed by atoms with E-state index < -0.39 is 35.2 Å². The van der Waals surface area contributed by atoms with Crippen LogP contribution in [0.25, 0.3) is 5.76 Å². The molecule has 0 aromatic heterocycles. The Kier molecular flexibility index (Phi) is 7.22. The van der Waals surface area contributed by atoms with Crippen LogP contribution in [0.2, 0.25) is 0 Å². The quantitative estimate of drug-likeness (QED) is 0.216. The number of aromatic hydroxyl groups is 1. The number of aliphatic hydroxyl groups is 1. The number of phenols is 1. The summed E-state index contributed by atoms with van der Waals surface area (Å²) in [6, 6.07) is 13.3. The van der Waals surface area contributed by atoms with E-state index in [2.05, 4.69) is 0 Å². The van der Waals surface area contributed by atoms with Crippen LogP contribution >= 0.6 is 0 Å². The summed E-state index contributed by atoms with van der Waals surface area (Å²) in [4.78, 5) is 27.5. The maximum atomic E-state index is 13.5. The van der Waals surface area contributed by atoms with Gasteiger partial charge in [-0.1, -0.05) is 32.0 Å². The number of carbonyl (C=O) groups is 2. The third kappa shape index (κ3) is 4.96. The predicted octanol–water partition coefficient (Wildman–Crippen LogP) is 6.56. The van der Waals surface area contributed by atoms with E-state index in [4.69, 9.17) is 4.74 Å². The minimum Gasteiger partial charge on any atom is -0.508 e. The maximum absolute atomic E-state index is 13.5. The first-order valence-electron chi connectivity index (χ1n) is 12.0. The Morgan fingerprint density at radius 2 is 1.71 bits per heavy atom. The van der Waals surface area contributed by atoms with Crippen LogP contribution in [0.4, 0.5) is 18.9 Å². The number of phenolic OH excluding ortho intramolecular Hbond substituents is 1. The molecule has 0 aliphatic carbocycles. The molecule has 1 aliphatic heterocycles. The smallest absolute Gasteiger partial charge is 0.416 e. The number of amides is 1. The molecule has 38 heavy (non-hydrogen) atoms. The average Bonchev–Trinajstić information content (AvgIpc) is 3.14. The second kappa shape index (κ2) is 10.2. The van der Waals surface area contributed by atoms with Gasteiger partial charge in [0.15, 0.2) is 0 Å². The van der Waals surface area contributed by atoms with Gasteiger partial charge in [-0.25, -0.2) is 0 Å². The number of ether oxygens (including phenoxy) is 1. The number of aliphatic hydroxyl groups excluding tert-OH is 1. The van der Waals surface area contributed by atoms with E-state index in [1.165, 1.54) is 30.3 Å². The zero-order chi connectivity index (χ0) is 27.8. The molecule has 198 valence electrons. The topological polar surface area (TPSA) is 87.1 Å². The summed E-state index contributed by atoms with van der Waals surface area (Å²) in [5.41, 5.74) is -0.0943. The fraction of sp³-hybridized carbons (Fsp3) is 0.241. The maximum Gasteiger partial charge on any atom is 0.416 e. The zero-order valence-electron chi connectivity index (χ0n) is 20.9. The zero-order valence-corrected chi connectivity index (χ0v) is 20.9. The van der Waals surface area contributed by atoms with Gasteiger partial charge in [-0.05, 0) is 72.5 Å². The monoisotopic (exact) mass is 525 g/mol. The van der Waals surface area contributed by atoms with Gasteiger partial charge in [0.1, 0.15) is 17.3 Å². The minimum absolute atomic E-state index is 0.00436. The van der Waals surface area contributed by atoms with Crippen LogP contribution in [0.5, 0.6) is 11.5 Å². The van der Waals surface area contributed by atoms with Gasteiger partial charge < -0.3 is 14.9 Å². The van der Waals surface area contributed by atoms with Gasteiger partial charge in [0.2, 0.25) is 0 Å². The molecular weight excluding hydrogens is 499 g/mol. The van der Waals surface area contributed by atoms with Crippen molar-refractivity contribution in [1.29, 1.82) is 0 Å². The number of rotatable bonds is 6. The molecule has 6 nitrogen and oxygen atoms in total. The highest BCUT2D eigenvalue weighted by Gasteiger charge is 2.47. The molecule has 1 unspecified atom stereocenters. The molecule has 1 fully saturated rings. The van der Waals surface area contributed by atoms with Crippen LogP contribution in [0.1, 0.15) is 55.0 Å². The van der Waals surface area contributed by atoms with Gasteiger partial charge in [0.25, 0.3) is 11.7 Å². The number of alkyl halides is 3. The van der Waals surface area contributed by atoms with Crippen molar-refractivity contribution in [1.82, 2.24) is 0 Å². The van der Waals surface area contributed by atoms with Gasteiger partial charge in [-0.3, -0.25) is 14.5 Å². The second-order valence-electron chi connectivity index (χ2n) is 9.15. The lowest BCUT2D eigenvalue weighted by molar-refractivity contribution is -0.137. The van der Waals surface area contributed by atoms with Crippen molar-refractivity contribution in [2.24, 2.45) is 0 Å². The number of ketones is 1. The summed E-state index contributed by atoms with van der Waals surface area (Å²) in [5, 5.41) is 21.2. The molecule has 0 spiro atoms. The first-order chi connectivity index (χ1) is 17.9. The third-order valence-electron chi connectivity index (χ3n) is 6.31. The minimum atomic E-state index is -4.67. The second-order valence-corrected chi connectivity index (χ2v) is 9.15. The fourth-order valence-corrected chi connectivity index (χ4v) is 4.49. The van der Waals surface area contributed by atoms with Crippen LogP contribution in [0, 0.1) is 0 Å². The number of hydrogen-bond acceptors (Lipinski definition) is 5. The number of hydrogen-bond donors (Lipinski definition) is 2. The number of carbonyl (C=O) groups excluding carboxylic acids is 2. The average molecular weight is 526 g/mol. The molecular formula is C29H26F3NO5. The lowest BCUT2D eigenvalue weighted by Gasteiger charge is -2.26. The summed E-state index contributed by atoms with van der Waals surface area (Å²) in [6.45, 7) is 6.13. The molecule has 1 amide bonds. The molecule has 3 aromatic rings. The Morgan fingerprint density at radius 1 is 1.03 bits per heavy atom. The van der Waals surface area contributed by atoms with Crippen LogP contribution in [-0.4, -0.2) is 28.5 Å². The van der Waals surface area contributed by atoms with Gasteiger partial charge in [-0.15, -0.1) is 0 Å². The first kappa shape index (κ1) is 26.8. The highest BCUT2D eigenvalue weighted by atomic mass is 19.4. The SMILES string of the molecule is CCOc1ccc(/C(O)=C2/C(=O)C(=O)N(c3cccc(C(F)(F)F)c3)C2c2ccc(O)cc2)cc1C(C)C. The summed E-state index contributed by atoms with van der Waals surface area (Å²) in [5.74, 6) is -2.07. The van der Waals surface area contributed by atoms with Crippen LogP contribution < -0.4 is 9.64 Å². The summed E-state index contributed by atoms with van der Waals surface area (Å²) in [6.07, 6.45) is -4.67. The molecule has 2 N–H and O–H groups in total. The number of Topliss-reactive ketones (excluding diaryl/α,β-unsaturated/α-hetero) is 1. The van der Waals surface area contributed by atoms with Crippen LogP contribution in [0.3, 0.4) is 0 Å². The molecule has 0 saturated carbocycles. The molecule has 1 aliphatic rings. The van der Waals surface area contributed by atoms with Crippen molar-refractivity contribution in [3.05, 3.63) is 94.6 Å². The molecule has 3 aromatic carbocycles. The Balaban J connectivity index is 1.94. The van der Waals surface area contributed by atoms with Crippen molar-refractivity contribution in [3.63, 3.8) is 0 Å². The van der Waals surface area contributed by atoms with Crippen molar-refractivity contribution in [2.75, 3.05) is 11.5 Å². The van der Waals surface area contributed by atoms with Gasteiger partial charge >= 0.3 is 6.18 Å². The van der Waals surface area contributed by atoms with E-state index in [0.29, 0.717) is 17.9 Å². The molecule has 1 atom stereocenters. The van der Waals surface area contributed by atoms with Crippen molar-refractivity contribution in [2.45, 2.75) is 38.9 Å². The van der Waals surface area contributed by atoms with Gasteiger partial charge in [0.05, 0.1) is 23.8 Å². The molecule has 9 heteroatoms. The van der Waals surface area contributed by atoms with E-state index in [1.54, 1.807) is 18.2 Å². The van der Waals surface area contributed by atoms with Gasteiger partial charge in [-0.2, -0.15) is 13.2 Å². The molecule has 0 radical (unpaired) electrons. The molecule has 1 heterocycles. The van der Waals surface area contributed by atoms with E-state index in [9.17, 15) is 33.0 Å². The first-order valence-corrected chi connectivity index (χ1v) is 12.0. The van der Waals surface area contributed by atoms with E-state index >= 15 is 0 Å². The highest BCUT2D eigenvalue weighted by molar-refractivity contribution is 6.51. The molecule has 0 bridgehead atoms. The number of halogens is 3. The number of anilines is 1. The number of benzene rings is 3. The standard InChI is InChI=1S/C29H26F3NO5/c1-4-38-23-13-10-18(14-22(23)16(2)3)26(35)24-25(17-8-11-21(34)12-9-17)33(28(37)27(24)36)20-7-5-6-19(15-20)29(30,31)32/h5-16,25,34-35H,4H2,1-3H3/b26-24-. The van der Waals surface area contributed by atoms with E-state index in [1.807, 2.05) is 20.8 Å². The predicted molar refractivity (Wildman–Crippen MR) is 136 cm³/mol. The molecule has 1 saturated heterocycles. The van der Waals surface area contributed by atoms with Gasteiger partial charge in [0, 0.05) is 11.3 Å².